The quantitative estimate of drug-likeness (QED) is 0.594. The van der Waals surface area contributed by atoms with Crippen molar-refractivity contribution >= 4 is 11.6 Å². The maximum Gasteiger partial charge on any atom is 0.346 e. The highest BCUT2D eigenvalue weighted by molar-refractivity contribution is 5.92. The monoisotopic (exact) mass is 455 g/mol. The Balaban J connectivity index is 1.37. The number of hydrogen-bond donors (Lipinski definition) is 1. The average Bonchev–Trinajstić information content (AvgIpc) is 3.12. The largest absolute Gasteiger partial charge is 0.346 e. The van der Waals surface area contributed by atoms with E-state index in [2.05, 4.69) is 10.4 Å². The molecule has 0 spiro atoms. The van der Waals surface area contributed by atoms with Gasteiger partial charge in [-0.3, -0.25) is 14.3 Å². The van der Waals surface area contributed by atoms with Crippen LogP contribution in [0.25, 0.3) is 0 Å². The molecule has 1 aliphatic heterocycles. The standard InChI is InChI=1S/C24H27F2N5O2/c1-2-30-23(28-31(24(30)33)15-17-6-4-3-5-7-17)18-10-12-29(13-11-18)16-22(32)27-21-14-19(25)8-9-20(21)26/h3-9,14,18H,2,10-13,15-16H2,1H3,(H,27,32). The summed E-state index contributed by atoms with van der Waals surface area (Å²) in [5.74, 6) is -0.775. The molecule has 3 aromatic rings. The van der Waals surface area contributed by atoms with E-state index in [-0.39, 0.29) is 23.8 Å². The summed E-state index contributed by atoms with van der Waals surface area (Å²) in [6.07, 6.45) is 1.51. The second kappa shape index (κ2) is 10.1. The topological polar surface area (TPSA) is 72.2 Å². The van der Waals surface area contributed by atoms with Crippen LogP contribution >= 0.6 is 0 Å². The lowest BCUT2D eigenvalue weighted by atomic mass is 9.96. The van der Waals surface area contributed by atoms with E-state index in [1.54, 1.807) is 4.57 Å². The summed E-state index contributed by atoms with van der Waals surface area (Å²) >= 11 is 0. The Kier molecular flexibility index (Phi) is 6.98. The molecule has 0 aliphatic carbocycles. The van der Waals surface area contributed by atoms with Gasteiger partial charge in [-0.15, -0.1) is 0 Å². The first kappa shape index (κ1) is 22.8. The number of halogens is 2. The Morgan fingerprint density at radius 3 is 2.55 bits per heavy atom. The van der Waals surface area contributed by atoms with Crippen LogP contribution in [-0.4, -0.2) is 44.8 Å². The molecule has 1 amide bonds. The van der Waals surface area contributed by atoms with E-state index < -0.39 is 17.5 Å². The van der Waals surface area contributed by atoms with E-state index in [1.807, 2.05) is 42.2 Å². The van der Waals surface area contributed by atoms with Gasteiger partial charge in [-0.05, 0) is 50.6 Å². The van der Waals surface area contributed by atoms with Crippen molar-refractivity contribution in [3.8, 4) is 0 Å². The number of aromatic nitrogens is 3. The number of piperidine rings is 1. The highest BCUT2D eigenvalue weighted by Crippen LogP contribution is 2.26. The molecule has 7 nitrogen and oxygen atoms in total. The van der Waals surface area contributed by atoms with E-state index in [0.717, 1.165) is 42.4 Å². The highest BCUT2D eigenvalue weighted by atomic mass is 19.1. The first-order valence-electron chi connectivity index (χ1n) is 11.1. The fourth-order valence-corrected chi connectivity index (χ4v) is 4.25. The molecule has 1 aliphatic rings. The molecule has 174 valence electrons. The summed E-state index contributed by atoms with van der Waals surface area (Å²) in [5.41, 5.74) is 0.739. The van der Waals surface area contributed by atoms with Crippen LogP contribution in [0.3, 0.4) is 0 Å². The Morgan fingerprint density at radius 1 is 1.12 bits per heavy atom. The molecular formula is C24H27F2N5O2. The van der Waals surface area contributed by atoms with E-state index in [4.69, 9.17) is 0 Å². The number of nitrogens with one attached hydrogen (secondary N) is 1. The Morgan fingerprint density at radius 2 is 1.85 bits per heavy atom. The Hall–Kier alpha value is -3.33. The van der Waals surface area contributed by atoms with E-state index in [0.29, 0.717) is 26.2 Å². The molecule has 0 bridgehead atoms. The van der Waals surface area contributed by atoms with Gasteiger partial charge >= 0.3 is 5.69 Å². The molecule has 33 heavy (non-hydrogen) atoms. The number of carbonyl (C=O) groups is 1. The maximum absolute atomic E-state index is 13.8. The molecule has 0 atom stereocenters. The lowest BCUT2D eigenvalue weighted by Crippen LogP contribution is -2.39. The Bertz CT molecular complexity index is 1170. The van der Waals surface area contributed by atoms with Crippen LogP contribution in [0.1, 0.15) is 37.1 Å². The molecule has 0 saturated carbocycles. The minimum absolute atomic E-state index is 0.0890. The number of amides is 1. The van der Waals surface area contributed by atoms with Crippen molar-refractivity contribution in [2.24, 2.45) is 0 Å². The van der Waals surface area contributed by atoms with Crippen molar-refractivity contribution in [2.75, 3.05) is 25.0 Å². The number of rotatable bonds is 7. The van der Waals surface area contributed by atoms with Crippen LogP contribution in [0.2, 0.25) is 0 Å². The van der Waals surface area contributed by atoms with Gasteiger partial charge in [0.1, 0.15) is 17.5 Å². The second-order valence-corrected chi connectivity index (χ2v) is 8.25. The molecule has 2 heterocycles. The normalized spacial score (nSPS) is 15.0. The summed E-state index contributed by atoms with van der Waals surface area (Å²) in [5, 5.41) is 7.09. The fraction of sp³-hybridized carbons (Fsp3) is 0.375. The summed E-state index contributed by atoms with van der Waals surface area (Å²) in [6.45, 7) is 4.29. The zero-order chi connectivity index (χ0) is 23.4. The molecule has 1 fully saturated rings. The third-order valence-electron chi connectivity index (χ3n) is 5.97. The molecule has 1 N–H and O–H groups in total. The van der Waals surface area contributed by atoms with Gasteiger partial charge in [0, 0.05) is 18.5 Å². The number of anilines is 1. The summed E-state index contributed by atoms with van der Waals surface area (Å²) < 4.78 is 30.3. The number of benzene rings is 2. The van der Waals surface area contributed by atoms with Gasteiger partial charge in [0.05, 0.1) is 18.8 Å². The van der Waals surface area contributed by atoms with Crippen molar-refractivity contribution in [1.29, 1.82) is 0 Å². The predicted molar refractivity (Wildman–Crippen MR) is 121 cm³/mol. The second-order valence-electron chi connectivity index (χ2n) is 8.25. The average molecular weight is 456 g/mol. The Labute approximate surface area is 190 Å². The van der Waals surface area contributed by atoms with Crippen molar-refractivity contribution in [1.82, 2.24) is 19.2 Å². The van der Waals surface area contributed by atoms with E-state index >= 15 is 0 Å². The molecule has 4 rings (SSSR count). The first-order valence-corrected chi connectivity index (χ1v) is 11.1. The minimum Gasteiger partial charge on any atom is -0.322 e. The fourth-order valence-electron chi connectivity index (χ4n) is 4.25. The molecule has 1 aromatic heterocycles. The SMILES string of the molecule is CCn1c(C2CCN(CC(=O)Nc3cc(F)ccc3F)CC2)nn(Cc2ccccc2)c1=O. The minimum atomic E-state index is -0.674. The van der Waals surface area contributed by atoms with Crippen molar-refractivity contribution < 1.29 is 13.6 Å². The molecule has 1 saturated heterocycles. The van der Waals surface area contributed by atoms with Crippen LogP contribution in [0, 0.1) is 11.6 Å². The van der Waals surface area contributed by atoms with Crippen molar-refractivity contribution in [3.05, 3.63) is 82.0 Å². The van der Waals surface area contributed by atoms with Gasteiger partial charge in [-0.2, -0.15) is 5.10 Å². The molecule has 2 aromatic carbocycles. The molecule has 0 radical (unpaired) electrons. The number of carbonyl (C=O) groups excluding carboxylic acids is 1. The first-order chi connectivity index (χ1) is 15.9. The third kappa shape index (κ3) is 5.36. The molecule has 0 unspecified atom stereocenters. The maximum atomic E-state index is 13.8. The van der Waals surface area contributed by atoms with Crippen LogP contribution in [0.5, 0.6) is 0 Å². The number of hydrogen-bond acceptors (Lipinski definition) is 4. The van der Waals surface area contributed by atoms with Gasteiger partial charge in [-0.1, -0.05) is 30.3 Å². The van der Waals surface area contributed by atoms with Crippen molar-refractivity contribution in [3.63, 3.8) is 0 Å². The van der Waals surface area contributed by atoms with Crippen LogP contribution in [0.4, 0.5) is 14.5 Å². The summed E-state index contributed by atoms with van der Waals surface area (Å²) in [4.78, 5) is 27.1. The van der Waals surface area contributed by atoms with Crippen molar-refractivity contribution in [2.45, 2.75) is 38.8 Å². The molecule has 9 heteroatoms. The van der Waals surface area contributed by atoms with E-state index in [1.165, 1.54) is 4.68 Å². The predicted octanol–water partition coefficient (Wildman–Crippen LogP) is 3.21. The zero-order valence-electron chi connectivity index (χ0n) is 18.5. The summed E-state index contributed by atoms with van der Waals surface area (Å²) in [6, 6.07) is 12.7. The van der Waals surface area contributed by atoms with Gasteiger partial charge in [0.2, 0.25) is 5.91 Å². The number of likely N-dealkylation sites (tertiary alicyclic amines) is 1. The van der Waals surface area contributed by atoms with Gasteiger partial charge in [0.15, 0.2) is 0 Å². The van der Waals surface area contributed by atoms with Crippen LogP contribution in [0.15, 0.2) is 53.3 Å². The highest BCUT2D eigenvalue weighted by Gasteiger charge is 2.27. The lowest BCUT2D eigenvalue weighted by molar-refractivity contribution is -0.117. The number of nitrogens with zero attached hydrogens (tertiary/aromatic N) is 4. The van der Waals surface area contributed by atoms with Gasteiger partial charge in [0.25, 0.3) is 0 Å². The zero-order valence-corrected chi connectivity index (χ0v) is 18.5. The third-order valence-corrected chi connectivity index (χ3v) is 5.97. The van der Waals surface area contributed by atoms with E-state index in [9.17, 15) is 18.4 Å². The molecular weight excluding hydrogens is 428 g/mol. The van der Waals surface area contributed by atoms with Crippen LogP contribution < -0.4 is 11.0 Å². The smallest absolute Gasteiger partial charge is 0.322 e. The van der Waals surface area contributed by atoms with Gasteiger partial charge < -0.3 is 5.32 Å². The lowest BCUT2D eigenvalue weighted by Gasteiger charge is -2.30. The van der Waals surface area contributed by atoms with Crippen LogP contribution in [-0.2, 0) is 17.9 Å². The summed E-state index contributed by atoms with van der Waals surface area (Å²) in [7, 11) is 0. The van der Waals surface area contributed by atoms with Gasteiger partial charge in [-0.25, -0.2) is 18.3 Å².